The van der Waals surface area contributed by atoms with Gasteiger partial charge in [0.2, 0.25) is 0 Å². The maximum atomic E-state index is 12.0. The molecule has 1 atom stereocenters. The third-order valence-electron chi connectivity index (χ3n) is 5.97. The Morgan fingerprint density at radius 2 is 1.28 bits per heavy atom. The minimum absolute atomic E-state index is 0.112. The van der Waals surface area contributed by atoms with Crippen molar-refractivity contribution in [2.45, 2.75) is 18.8 Å². The lowest BCUT2D eigenvalue weighted by molar-refractivity contribution is -0.386. The molecule has 0 bridgehead atoms. The van der Waals surface area contributed by atoms with Crippen molar-refractivity contribution in [3.8, 4) is 11.5 Å². The highest BCUT2D eigenvalue weighted by Crippen LogP contribution is 2.40. The summed E-state index contributed by atoms with van der Waals surface area (Å²) in [6.07, 6.45) is -1.31. The molecular formula is C29H27NO6. The first-order chi connectivity index (χ1) is 17.5. The van der Waals surface area contributed by atoms with Gasteiger partial charge in [0.25, 0.3) is 5.69 Å². The van der Waals surface area contributed by atoms with E-state index in [1.807, 2.05) is 78.9 Å². The number of hydrogen-bond acceptors (Lipinski definition) is 6. The van der Waals surface area contributed by atoms with Crippen LogP contribution >= 0.6 is 0 Å². The van der Waals surface area contributed by atoms with Gasteiger partial charge in [-0.3, -0.25) is 10.1 Å². The van der Waals surface area contributed by atoms with E-state index < -0.39 is 17.1 Å². The molecule has 7 heteroatoms. The third-order valence-corrected chi connectivity index (χ3v) is 5.97. The van der Waals surface area contributed by atoms with E-state index in [0.29, 0.717) is 22.6 Å². The second-order valence-corrected chi connectivity index (χ2v) is 8.16. The summed E-state index contributed by atoms with van der Waals surface area (Å²) in [5, 5.41) is 21.6. The van der Waals surface area contributed by atoms with E-state index in [1.165, 1.54) is 6.07 Å². The molecule has 0 saturated heterocycles. The van der Waals surface area contributed by atoms with Crippen LogP contribution in [0.1, 0.15) is 40.0 Å². The predicted molar refractivity (Wildman–Crippen MR) is 136 cm³/mol. The normalized spacial score (nSPS) is 11.8. The summed E-state index contributed by atoms with van der Waals surface area (Å²) in [5.74, 6) is 1.42. The Kier molecular flexibility index (Phi) is 7.95. The molecule has 184 valence electrons. The maximum Gasteiger partial charge on any atom is 0.275 e. The van der Waals surface area contributed by atoms with Crippen molar-refractivity contribution in [3.05, 3.63) is 135 Å². The van der Waals surface area contributed by atoms with Gasteiger partial charge in [-0.1, -0.05) is 60.7 Å². The molecule has 0 amide bonds. The fourth-order valence-corrected chi connectivity index (χ4v) is 4.07. The monoisotopic (exact) mass is 485 g/mol. The molecule has 0 aliphatic heterocycles. The second kappa shape index (κ2) is 11.5. The average molecular weight is 486 g/mol. The van der Waals surface area contributed by atoms with Gasteiger partial charge < -0.3 is 19.3 Å². The molecule has 0 radical (unpaired) electrons. The van der Waals surface area contributed by atoms with Crippen LogP contribution in [0.15, 0.2) is 97.1 Å². The molecule has 1 unspecified atom stereocenters. The summed E-state index contributed by atoms with van der Waals surface area (Å²) in [6, 6.07) is 29.2. The Bertz CT molecular complexity index is 1240. The Morgan fingerprint density at radius 1 is 0.750 bits per heavy atom. The number of ether oxygens (including phenoxy) is 3. The molecule has 7 nitrogen and oxygen atoms in total. The van der Waals surface area contributed by atoms with Crippen molar-refractivity contribution in [3.63, 3.8) is 0 Å². The zero-order valence-electron chi connectivity index (χ0n) is 20.0. The molecule has 0 aliphatic carbocycles. The van der Waals surface area contributed by atoms with E-state index in [-0.39, 0.29) is 12.3 Å². The molecule has 4 rings (SSSR count). The number of nitrogens with zero attached hydrogens (tertiary/aromatic N) is 1. The van der Waals surface area contributed by atoms with Gasteiger partial charge in [0.05, 0.1) is 31.3 Å². The van der Waals surface area contributed by atoms with E-state index in [1.54, 1.807) is 26.4 Å². The van der Waals surface area contributed by atoms with Crippen LogP contribution in [0.3, 0.4) is 0 Å². The summed E-state index contributed by atoms with van der Waals surface area (Å²) in [4.78, 5) is 11.6. The van der Waals surface area contributed by atoms with Crippen LogP contribution in [0, 0.1) is 10.1 Å². The SMILES string of the molecule is COc1ccc(C(OC(c2ccccc2)c2ccc(CO)cc2[N+](=O)[O-])c2ccc(OC)cc2)cc1. The largest absolute Gasteiger partial charge is 0.497 e. The Hall–Kier alpha value is -4.20. The standard InChI is InChI=1S/C29H27NO6/c1-34-24-13-9-22(10-14-24)28(23-11-15-25(35-2)16-12-23)36-29(21-6-4-3-5-7-21)26-17-8-20(19-31)18-27(26)30(32)33/h3-18,28-29,31H,19H2,1-2H3. The second-order valence-electron chi connectivity index (χ2n) is 8.16. The number of nitro groups is 1. The Balaban J connectivity index is 1.85. The molecule has 4 aromatic carbocycles. The summed E-state index contributed by atoms with van der Waals surface area (Å²) in [5.41, 5.74) is 3.23. The van der Waals surface area contributed by atoms with Gasteiger partial charge in [-0.15, -0.1) is 0 Å². The minimum Gasteiger partial charge on any atom is -0.497 e. The van der Waals surface area contributed by atoms with Gasteiger partial charge in [-0.25, -0.2) is 0 Å². The number of aliphatic hydroxyl groups excluding tert-OH is 1. The number of methoxy groups -OCH3 is 2. The first-order valence-electron chi connectivity index (χ1n) is 11.4. The summed E-state index contributed by atoms with van der Waals surface area (Å²) in [7, 11) is 3.21. The van der Waals surface area contributed by atoms with Crippen LogP contribution < -0.4 is 9.47 Å². The van der Waals surface area contributed by atoms with E-state index in [2.05, 4.69) is 0 Å². The number of rotatable bonds is 10. The topological polar surface area (TPSA) is 91.1 Å². The molecule has 0 heterocycles. The number of aliphatic hydroxyl groups is 1. The smallest absolute Gasteiger partial charge is 0.275 e. The summed E-state index contributed by atoms with van der Waals surface area (Å²) >= 11 is 0. The van der Waals surface area contributed by atoms with E-state index in [0.717, 1.165) is 16.7 Å². The van der Waals surface area contributed by atoms with E-state index >= 15 is 0 Å². The third kappa shape index (κ3) is 5.54. The highest BCUT2D eigenvalue weighted by Gasteiger charge is 2.29. The van der Waals surface area contributed by atoms with Gasteiger partial charge in [-0.05, 0) is 52.6 Å². The zero-order valence-corrected chi connectivity index (χ0v) is 20.0. The van der Waals surface area contributed by atoms with Crippen molar-refractivity contribution < 1.29 is 24.2 Å². The van der Waals surface area contributed by atoms with Crippen LogP contribution in [-0.2, 0) is 11.3 Å². The predicted octanol–water partition coefficient (Wildman–Crippen LogP) is 6.00. The van der Waals surface area contributed by atoms with Crippen molar-refractivity contribution >= 4 is 5.69 Å². The van der Waals surface area contributed by atoms with Gasteiger partial charge in [0.15, 0.2) is 0 Å². The fraction of sp³-hybridized carbons (Fsp3) is 0.172. The van der Waals surface area contributed by atoms with Crippen molar-refractivity contribution in [1.29, 1.82) is 0 Å². The molecule has 0 spiro atoms. The summed E-state index contributed by atoms with van der Waals surface area (Å²) < 4.78 is 17.4. The molecular weight excluding hydrogens is 458 g/mol. The number of nitro benzene ring substituents is 1. The molecule has 1 N–H and O–H groups in total. The average Bonchev–Trinajstić information content (AvgIpc) is 2.94. The molecule has 36 heavy (non-hydrogen) atoms. The van der Waals surface area contributed by atoms with Crippen LogP contribution in [0.4, 0.5) is 5.69 Å². The minimum atomic E-state index is -0.756. The lowest BCUT2D eigenvalue weighted by Crippen LogP contribution is -2.15. The lowest BCUT2D eigenvalue weighted by Gasteiger charge is -2.27. The molecule has 0 fully saturated rings. The highest BCUT2D eigenvalue weighted by atomic mass is 16.6. The lowest BCUT2D eigenvalue weighted by atomic mass is 9.96. The van der Waals surface area contributed by atoms with Gasteiger partial charge >= 0.3 is 0 Å². The van der Waals surface area contributed by atoms with Crippen molar-refractivity contribution in [2.24, 2.45) is 0 Å². The first-order valence-corrected chi connectivity index (χ1v) is 11.4. The molecule has 0 aliphatic rings. The van der Waals surface area contributed by atoms with Gasteiger partial charge in [-0.2, -0.15) is 0 Å². The molecule has 0 aromatic heterocycles. The number of benzene rings is 4. The first kappa shape index (κ1) is 24.9. The summed E-state index contributed by atoms with van der Waals surface area (Å²) in [6.45, 7) is -0.293. The Morgan fingerprint density at radius 3 is 1.75 bits per heavy atom. The van der Waals surface area contributed by atoms with Crippen LogP contribution in [0.5, 0.6) is 11.5 Å². The van der Waals surface area contributed by atoms with Gasteiger partial charge in [0.1, 0.15) is 23.7 Å². The number of hydrogen-bond donors (Lipinski definition) is 1. The van der Waals surface area contributed by atoms with Crippen molar-refractivity contribution in [2.75, 3.05) is 14.2 Å². The van der Waals surface area contributed by atoms with E-state index in [4.69, 9.17) is 14.2 Å². The zero-order chi connectivity index (χ0) is 25.5. The quantitative estimate of drug-likeness (QED) is 0.219. The van der Waals surface area contributed by atoms with Crippen LogP contribution in [0.2, 0.25) is 0 Å². The highest BCUT2D eigenvalue weighted by molar-refractivity contribution is 5.48. The van der Waals surface area contributed by atoms with E-state index in [9.17, 15) is 15.2 Å². The van der Waals surface area contributed by atoms with Crippen LogP contribution in [0.25, 0.3) is 0 Å². The van der Waals surface area contributed by atoms with Gasteiger partial charge in [0, 0.05) is 6.07 Å². The molecule has 0 saturated carbocycles. The maximum absolute atomic E-state index is 12.0. The van der Waals surface area contributed by atoms with Crippen LogP contribution in [-0.4, -0.2) is 24.2 Å². The fourth-order valence-electron chi connectivity index (χ4n) is 4.07. The molecule has 4 aromatic rings. The Labute approximate surface area is 209 Å². The van der Waals surface area contributed by atoms with Crippen molar-refractivity contribution in [1.82, 2.24) is 0 Å².